The second kappa shape index (κ2) is 6.70. The molecule has 7 heteroatoms. The highest BCUT2D eigenvalue weighted by molar-refractivity contribution is 7.89. The highest BCUT2D eigenvalue weighted by Gasteiger charge is 2.48. The highest BCUT2D eigenvalue weighted by atomic mass is 32.2. The summed E-state index contributed by atoms with van der Waals surface area (Å²) < 4.78 is 27.1. The summed E-state index contributed by atoms with van der Waals surface area (Å²) in [5.74, 6) is 0.375. The average molecular weight is 365 g/mol. The van der Waals surface area contributed by atoms with Gasteiger partial charge in [0.1, 0.15) is 0 Å². The molecule has 2 N–H and O–H groups in total. The van der Waals surface area contributed by atoms with Crippen LogP contribution in [0.15, 0.2) is 29.2 Å². The first-order chi connectivity index (χ1) is 11.8. The Balaban J connectivity index is 1.66. The van der Waals surface area contributed by atoms with Gasteiger partial charge in [-0.3, -0.25) is 4.79 Å². The Labute approximate surface area is 150 Å². The van der Waals surface area contributed by atoms with Crippen LogP contribution < -0.4 is 5.73 Å². The van der Waals surface area contributed by atoms with Crippen molar-refractivity contribution < 1.29 is 13.2 Å². The van der Waals surface area contributed by atoms with E-state index < -0.39 is 15.6 Å². The van der Waals surface area contributed by atoms with Crippen LogP contribution in [-0.2, 0) is 14.8 Å². The summed E-state index contributed by atoms with van der Waals surface area (Å²) in [4.78, 5) is 14.3. The lowest BCUT2D eigenvalue weighted by molar-refractivity contribution is -0.134. The van der Waals surface area contributed by atoms with Crippen molar-refractivity contribution in [3.8, 4) is 0 Å². The molecule has 1 atom stereocenters. The minimum absolute atomic E-state index is 0.0394. The summed E-state index contributed by atoms with van der Waals surface area (Å²) in [7, 11) is -3.52. The topological polar surface area (TPSA) is 83.7 Å². The summed E-state index contributed by atoms with van der Waals surface area (Å²) in [5.41, 5.74) is 6.42. The maximum Gasteiger partial charge on any atom is 0.243 e. The Hall–Kier alpha value is -1.44. The van der Waals surface area contributed by atoms with Gasteiger partial charge in [0, 0.05) is 26.2 Å². The number of hydrogen-bond acceptors (Lipinski definition) is 4. The quantitative estimate of drug-likeness (QED) is 0.858. The lowest BCUT2D eigenvalue weighted by Crippen LogP contribution is -2.55. The Kier molecular flexibility index (Phi) is 4.92. The van der Waals surface area contributed by atoms with E-state index in [0.717, 1.165) is 24.8 Å². The van der Waals surface area contributed by atoms with Crippen molar-refractivity contribution in [2.24, 2.45) is 5.73 Å². The number of carbonyl (C=O) groups is 1. The maximum atomic E-state index is 12.8. The van der Waals surface area contributed by atoms with E-state index in [1.54, 1.807) is 17.0 Å². The number of benzene rings is 1. The standard InChI is InChI=1S/C18H27N3O3S/c1-3-14(2)15-4-6-16(7-5-15)25(23,24)21-12-10-20(11-13-21)17(22)18(19)8-9-18/h4-7,14H,3,8-13,19H2,1-2H3. The molecule has 1 aromatic rings. The molecule has 6 nitrogen and oxygen atoms in total. The van der Waals surface area contributed by atoms with Gasteiger partial charge in [-0.05, 0) is 42.9 Å². The van der Waals surface area contributed by atoms with Crippen molar-refractivity contribution in [3.63, 3.8) is 0 Å². The molecule has 1 aliphatic carbocycles. The summed E-state index contributed by atoms with van der Waals surface area (Å²) in [6.07, 6.45) is 2.48. The van der Waals surface area contributed by atoms with Crippen LogP contribution in [0.3, 0.4) is 0 Å². The highest BCUT2D eigenvalue weighted by Crippen LogP contribution is 2.34. The van der Waals surface area contributed by atoms with Gasteiger partial charge in [0.25, 0.3) is 0 Å². The van der Waals surface area contributed by atoms with Crippen molar-refractivity contribution in [1.82, 2.24) is 9.21 Å². The molecule has 25 heavy (non-hydrogen) atoms. The number of sulfonamides is 1. The van der Waals surface area contributed by atoms with Crippen LogP contribution in [0, 0.1) is 0 Å². The maximum absolute atomic E-state index is 12.8. The zero-order valence-electron chi connectivity index (χ0n) is 14.9. The van der Waals surface area contributed by atoms with Crippen LogP contribution in [-0.4, -0.2) is 55.2 Å². The van der Waals surface area contributed by atoms with Crippen LogP contribution in [0.4, 0.5) is 0 Å². The average Bonchev–Trinajstić information content (AvgIpc) is 3.39. The molecular formula is C18H27N3O3S. The molecule has 2 aliphatic rings. The van der Waals surface area contributed by atoms with Gasteiger partial charge in [-0.25, -0.2) is 8.42 Å². The molecule has 0 radical (unpaired) electrons. The minimum Gasteiger partial charge on any atom is -0.338 e. The SMILES string of the molecule is CCC(C)c1ccc(S(=O)(=O)N2CCN(C(=O)C3(N)CC3)CC2)cc1. The van der Waals surface area contributed by atoms with Gasteiger partial charge in [-0.1, -0.05) is 26.0 Å². The molecular weight excluding hydrogens is 338 g/mol. The van der Waals surface area contributed by atoms with E-state index in [0.29, 0.717) is 37.0 Å². The molecule has 2 fully saturated rings. The lowest BCUT2D eigenvalue weighted by Gasteiger charge is -2.35. The predicted molar refractivity (Wildman–Crippen MR) is 96.6 cm³/mol. The Morgan fingerprint density at radius 1 is 1.16 bits per heavy atom. The Morgan fingerprint density at radius 2 is 1.72 bits per heavy atom. The monoisotopic (exact) mass is 365 g/mol. The third kappa shape index (κ3) is 3.59. The van der Waals surface area contributed by atoms with Crippen molar-refractivity contribution >= 4 is 15.9 Å². The van der Waals surface area contributed by atoms with Crippen LogP contribution in [0.25, 0.3) is 0 Å². The summed E-state index contributed by atoms with van der Waals surface area (Å²) in [6, 6.07) is 7.17. The van der Waals surface area contributed by atoms with E-state index in [-0.39, 0.29) is 5.91 Å². The fourth-order valence-corrected chi connectivity index (χ4v) is 4.57. The summed E-state index contributed by atoms with van der Waals surface area (Å²) >= 11 is 0. The van der Waals surface area contributed by atoms with E-state index >= 15 is 0 Å². The molecule has 1 saturated heterocycles. The molecule has 138 valence electrons. The van der Waals surface area contributed by atoms with Crippen molar-refractivity contribution in [3.05, 3.63) is 29.8 Å². The number of rotatable bonds is 5. The normalized spacial score (nSPS) is 21.8. The number of amides is 1. The third-order valence-corrected chi connectivity index (χ3v) is 7.35. The first-order valence-electron chi connectivity index (χ1n) is 8.96. The van der Waals surface area contributed by atoms with E-state index in [2.05, 4.69) is 13.8 Å². The largest absolute Gasteiger partial charge is 0.338 e. The first kappa shape index (κ1) is 18.4. The van der Waals surface area contributed by atoms with E-state index in [4.69, 9.17) is 5.73 Å². The molecule has 3 rings (SSSR count). The zero-order chi connectivity index (χ0) is 18.2. The third-order valence-electron chi connectivity index (χ3n) is 5.44. The number of carbonyl (C=O) groups excluding carboxylic acids is 1. The summed E-state index contributed by atoms with van der Waals surface area (Å²) in [5, 5.41) is 0. The molecule has 0 aromatic heterocycles. The predicted octanol–water partition coefficient (Wildman–Crippen LogP) is 1.52. The molecule has 1 amide bonds. The number of hydrogen-bond donors (Lipinski definition) is 1. The molecule has 1 aliphatic heterocycles. The molecule has 1 heterocycles. The smallest absolute Gasteiger partial charge is 0.243 e. The Morgan fingerprint density at radius 3 is 2.20 bits per heavy atom. The van der Waals surface area contributed by atoms with Crippen molar-refractivity contribution in [1.29, 1.82) is 0 Å². The van der Waals surface area contributed by atoms with Crippen LogP contribution in [0.5, 0.6) is 0 Å². The van der Waals surface area contributed by atoms with Crippen molar-refractivity contribution in [2.45, 2.75) is 49.5 Å². The van der Waals surface area contributed by atoms with Crippen LogP contribution >= 0.6 is 0 Å². The first-order valence-corrected chi connectivity index (χ1v) is 10.4. The molecule has 0 bridgehead atoms. The fourth-order valence-electron chi connectivity index (χ4n) is 3.15. The molecule has 0 spiro atoms. The second-order valence-corrected chi connectivity index (χ2v) is 9.17. The minimum atomic E-state index is -3.52. The van der Waals surface area contributed by atoms with Gasteiger partial charge in [-0.15, -0.1) is 0 Å². The zero-order valence-corrected chi connectivity index (χ0v) is 15.8. The second-order valence-electron chi connectivity index (χ2n) is 7.23. The molecule has 1 saturated carbocycles. The fraction of sp³-hybridized carbons (Fsp3) is 0.611. The number of nitrogens with zero attached hydrogens (tertiary/aromatic N) is 2. The van der Waals surface area contributed by atoms with Crippen molar-refractivity contribution in [2.75, 3.05) is 26.2 Å². The molecule has 1 unspecified atom stereocenters. The van der Waals surface area contributed by atoms with Gasteiger partial charge in [-0.2, -0.15) is 4.31 Å². The Bertz CT molecular complexity index is 733. The van der Waals surface area contributed by atoms with Crippen LogP contribution in [0.1, 0.15) is 44.6 Å². The lowest BCUT2D eigenvalue weighted by atomic mass is 9.99. The van der Waals surface area contributed by atoms with Gasteiger partial charge >= 0.3 is 0 Å². The van der Waals surface area contributed by atoms with Gasteiger partial charge < -0.3 is 10.6 Å². The van der Waals surface area contributed by atoms with Gasteiger partial charge in [0.2, 0.25) is 15.9 Å². The summed E-state index contributed by atoms with van der Waals surface area (Å²) in [6.45, 7) is 5.69. The van der Waals surface area contributed by atoms with Gasteiger partial charge in [0.15, 0.2) is 0 Å². The van der Waals surface area contributed by atoms with Crippen LogP contribution in [0.2, 0.25) is 0 Å². The van der Waals surface area contributed by atoms with Gasteiger partial charge in [0.05, 0.1) is 10.4 Å². The van der Waals surface area contributed by atoms with E-state index in [9.17, 15) is 13.2 Å². The molecule has 1 aromatic carbocycles. The number of piperazine rings is 1. The van der Waals surface area contributed by atoms with E-state index in [1.165, 1.54) is 4.31 Å². The van der Waals surface area contributed by atoms with E-state index in [1.807, 2.05) is 12.1 Å². The number of nitrogens with two attached hydrogens (primary N) is 1.